The molecule has 1 aliphatic rings. The Labute approximate surface area is 171 Å². The fourth-order valence-electron chi connectivity index (χ4n) is 4.00. The molecule has 0 aliphatic carbocycles. The van der Waals surface area contributed by atoms with Gasteiger partial charge in [-0.1, -0.05) is 48.5 Å². The minimum atomic E-state index is -0.0202. The SMILES string of the molecule is Cc1cccc2cc(CN3CCN(C(=O)CCc4ccccc4)CC3)c(=O)[nH]c12. The van der Waals surface area contributed by atoms with Gasteiger partial charge >= 0.3 is 0 Å². The molecule has 0 spiro atoms. The monoisotopic (exact) mass is 389 g/mol. The predicted molar refractivity (Wildman–Crippen MR) is 116 cm³/mol. The first kappa shape index (κ1) is 19.4. The Morgan fingerprint density at radius 3 is 2.52 bits per heavy atom. The number of piperazine rings is 1. The van der Waals surface area contributed by atoms with Crippen molar-refractivity contribution in [2.45, 2.75) is 26.3 Å². The number of H-pyrrole nitrogens is 1. The number of hydrogen-bond donors (Lipinski definition) is 1. The molecule has 2 aromatic carbocycles. The smallest absolute Gasteiger partial charge is 0.252 e. The minimum absolute atomic E-state index is 0.0202. The van der Waals surface area contributed by atoms with Gasteiger partial charge in [0, 0.05) is 44.7 Å². The summed E-state index contributed by atoms with van der Waals surface area (Å²) in [6.45, 7) is 5.65. The lowest BCUT2D eigenvalue weighted by Crippen LogP contribution is -2.48. The summed E-state index contributed by atoms with van der Waals surface area (Å²) in [5.41, 5.74) is 3.95. The third kappa shape index (κ3) is 4.57. The molecule has 1 aliphatic heterocycles. The zero-order valence-electron chi connectivity index (χ0n) is 16.9. The summed E-state index contributed by atoms with van der Waals surface area (Å²) in [7, 11) is 0. The Kier molecular flexibility index (Phi) is 5.76. The molecule has 1 amide bonds. The van der Waals surface area contributed by atoms with Crippen LogP contribution in [-0.2, 0) is 17.8 Å². The van der Waals surface area contributed by atoms with E-state index in [1.165, 1.54) is 5.56 Å². The average molecular weight is 389 g/mol. The molecule has 5 nitrogen and oxygen atoms in total. The van der Waals surface area contributed by atoms with Gasteiger partial charge in [-0.25, -0.2) is 0 Å². The molecule has 0 atom stereocenters. The molecule has 0 radical (unpaired) electrons. The molecule has 2 heterocycles. The van der Waals surface area contributed by atoms with Gasteiger partial charge in [0.2, 0.25) is 5.91 Å². The number of aryl methyl sites for hydroxylation is 2. The first-order chi connectivity index (χ1) is 14.1. The van der Waals surface area contributed by atoms with E-state index in [2.05, 4.69) is 22.0 Å². The van der Waals surface area contributed by atoms with Gasteiger partial charge in [0.15, 0.2) is 0 Å². The van der Waals surface area contributed by atoms with Gasteiger partial charge < -0.3 is 9.88 Å². The zero-order chi connectivity index (χ0) is 20.2. The zero-order valence-corrected chi connectivity index (χ0v) is 16.9. The van der Waals surface area contributed by atoms with Crippen LogP contribution in [0.3, 0.4) is 0 Å². The second-order valence-corrected chi connectivity index (χ2v) is 7.81. The number of pyridine rings is 1. The lowest BCUT2D eigenvalue weighted by Gasteiger charge is -2.34. The van der Waals surface area contributed by atoms with Gasteiger partial charge in [-0.3, -0.25) is 14.5 Å². The number of carbonyl (C=O) groups excluding carboxylic acids is 1. The largest absolute Gasteiger partial charge is 0.340 e. The number of nitrogens with one attached hydrogen (secondary N) is 1. The van der Waals surface area contributed by atoms with Gasteiger partial charge in [-0.05, 0) is 35.9 Å². The van der Waals surface area contributed by atoms with Gasteiger partial charge in [0.25, 0.3) is 5.56 Å². The molecular weight excluding hydrogens is 362 g/mol. The van der Waals surface area contributed by atoms with Crippen LogP contribution in [0.5, 0.6) is 0 Å². The number of rotatable bonds is 5. The average Bonchev–Trinajstić information content (AvgIpc) is 2.75. The highest BCUT2D eigenvalue weighted by atomic mass is 16.2. The van der Waals surface area contributed by atoms with E-state index in [4.69, 9.17) is 0 Å². The number of benzene rings is 2. The highest BCUT2D eigenvalue weighted by Crippen LogP contribution is 2.16. The van der Waals surface area contributed by atoms with E-state index in [9.17, 15) is 9.59 Å². The Bertz CT molecular complexity index is 1050. The van der Waals surface area contributed by atoms with E-state index in [-0.39, 0.29) is 11.5 Å². The topological polar surface area (TPSA) is 56.4 Å². The summed E-state index contributed by atoms with van der Waals surface area (Å²) in [4.78, 5) is 32.3. The molecule has 150 valence electrons. The summed E-state index contributed by atoms with van der Waals surface area (Å²) in [5, 5.41) is 1.06. The van der Waals surface area contributed by atoms with Crippen molar-refractivity contribution in [3.05, 3.63) is 81.6 Å². The van der Waals surface area contributed by atoms with Crippen LogP contribution in [0, 0.1) is 6.92 Å². The third-order valence-electron chi connectivity index (χ3n) is 5.75. The number of para-hydroxylation sites is 1. The highest BCUT2D eigenvalue weighted by molar-refractivity contribution is 5.81. The molecule has 5 heteroatoms. The fraction of sp³-hybridized carbons (Fsp3) is 0.333. The lowest BCUT2D eigenvalue weighted by atomic mass is 10.1. The number of hydrogen-bond acceptors (Lipinski definition) is 3. The Morgan fingerprint density at radius 1 is 1.00 bits per heavy atom. The molecule has 0 unspecified atom stereocenters. The predicted octanol–water partition coefficient (Wildman–Crippen LogP) is 3.11. The molecule has 29 heavy (non-hydrogen) atoms. The van der Waals surface area contributed by atoms with Crippen molar-refractivity contribution in [3.63, 3.8) is 0 Å². The molecule has 1 saturated heterocycles. The van der Waals surface area contributed by atoms with Crippen molar-refractivity contribution in [1.82, 2.24) is 14.8 Å². The second kappa shape index (κ2) is 8.62. The van der Waals surface area contributed by atoms with E-state index in [1.54, 1.807) is 0 Å². The van der Waals surface area contributed by atoms with Crippen LogP contribution in [0.25, 0.3) is 10.9 Å². The van der Waals surface area contributed by atoms with Crippen molar-refractivity contribution in [3.8, 4) is 0 Å². The first-order valence-electron chi connectivity index (χ1n) is 10.3. The number of aromatic nitrogens is 1. The number of amides is 1. The Morgan fingerprint density at radius 2 is 1.76 bits per heavy atom. The molecular formula is C24H27N3O2. The second-order valence-electron chi connectivity index (χ2n) is 7.81. The van der Waals surface area contributed by atoms with Gasteiger partial charge in [-0.2, -0.15) is 0 Å². The minimum Gasteiger partial charge on any atom is -0.340 e. The third-order valence-corrected chi connectivity index (χ3v) is 5.75. The summed E-state index contributed by atoms with van der Waals surface area (Å²) in [6, 6.07) is 18.2. The van der Waals surface area contributed by atoms with Gasteiger partial charge in [-0.15, -0.1) is 0 Å². The molecule has 4 rings (SSSR count). The van der Waals surface area contributed by atoms with Crippen molar-refractivity contribution in [2.24, 2.45) is 0 Å². The van der Waals surface area contributed by atoms with Gasteiger partial charge in [0.05, 0.1) is 5.52 Å². The van der Waals surface area contributed by atoms with E-state index in [0.717, 1.165) is 54.6 Å². The van der Waals surface area contributed by atoms with Crippen molar-refractivity contribution < 1.29 is 4.79 Å². The van der Waals surface area contributed by atoms with E-state index >= 15 is 0 Å². The quantitative estimate of drug-likeness (QED) is 0.730. The van der Waals surface area contributed by atoms with E-state index < -0.39 is 0 Å². The van der Waals surface area contributed by atoms with Crippen LogP contribution >= 0.6 is 0 Å². The lowest BCUT2D eigenvalue weighted by molar-refractivity contribution is -0.133. The number of aromatic amines is 1. The highest BCUT2D eigenvalue weighted by Gasteiger charge is 2.21. The molecule has 1 fully saturated rings. The molecule has 0 saturated carbocycles. The number of nitrogens with zero attached hydrogens (tertiary/aromatic N) is 2. The maximum atomic E-state index is 12.5. The van der Waals surface area contributed by atoms with Crippen LogP contribution in [-0.4, -0.2) is 46.9 Å². The van der Waals surface area contributed by atoms with E-state index in [1.807, 2.05) is 54.3 Å². The normalized spacial score (nSPS) is 15.0. The van der Waals surface area contributed by atoms with Crippen LogP contribution in [0.4, 0.5) is 0 Å². The van der Waals surface area contributed by atoms with E-state index in [0.29, 0.717) is 13.0 Å². The summed E-state index contributed by atoms with van der Waals surface area (Å²) < 4.78 is 0. The van der Waals surface area contributed by atoms with Crippen LogP contribution in [0.1, 0.15) is 23.1 Å². The number of carbonyl (C=O) groups is 1. The fourth-order valence-corrected chi connectivity index (χ4v) is 4.00. The van der Waals surface area contributed by atoms with Crippen molar-refractivity contribution in [2.75, 3.05) is 26.2 Å². The Balaban J connectivity index is 1.33. The van der Waals surface area contributed by atoms with Crippen LogP contribution < -0.4 is 5.56 Å². The van der Waals surface area contributed by atoms with Crippen molar-refractivity contribution in [1.29, 1.82) is 0 Å². The maximum absolute atomic E-state index is 12.5. The van der Waals surface area contributed by atoms with Crippen molar-refractivity contribution >= 4 is 16.8 Å². The Hall–Kier alpha value is -2.92. The van der Waals surface area contributed by atoms with Gasteiger partial charge in [0.1, 0.15) is 0 Å². The maximum Gasteiger partial charge on any atom is 0.252 e. The molecule has 1 N–H and O–H groups in total. The number of fused-ring (bicyclic) bond motifs is 1. The molecule has 3 aromatic rings. The molecule has 1 aromatic heterocycles. The van der Waals surface area contributed by atoms with Crippen LogP contribution in [0.2, 0.25) is 0 Å². The first-order valence-corrected chi connectivity index (χ1v) is 10.3. The summed E-state index contributed by atoms with van der Waals surface area (Å²) in [6.07, 6.45) is 1.33. The van der Waals surface area contributed by atoms with Crippen LogP contribution in [0.15, 0.2) is 59.4 Å². The summed E-state index contributed by atoms with van der Waals surface area (Å²) >= 11 is 0. The summed E-state index contributed by atoms with van der Waals surface area (Å²) in [5.74, 6) is 0.215. The molecule has 0 bridgehead atoms. The standard InChI is InChI=1S/C24H27N3O2/c1-18-6-5-9-20-16-21(24(29)25-23(18)20)17-26-12-14-27(15-13-26)22(28)11-10-19-7-3-2-4-8-19/h2-9,16H,10-15,17H2,1H3,(H,25,29).